The number of anilines is 1. The highest BCUT2D eigenvalue weighted by Crippen LogP contribution is 2.25. The lowest BCUT2D eigenvalue weighted by atomic mass is 10.0. The minimum atomic E-state index is -0.214. The Labute approximate surface area is 157 Å². The van der Waals surface area contributed by atoms with Crippen LogP contribution in [0.3, 0.4) is 0 Å². The third-order valence-electron chi connectivity index (χ3n) is 4.66. The fourth-order valence-electron chi connectivity index (χ4n) is 3.42. The Morgan fingerprint density at radius 3 is 2.63 bits per heavy atom. The summed E-state index contributed by atoms with van der Waals surface area (Å²) in [6.07, 6.45) is 0.325. The minimum Gasteiger partial charge on any atom is -0.296 e. The van der Waals surface area contributed by atoms with Gasteiger partial charge in [-0.05, 0) is 38.0 Å². The van der Waals surface area contributed by atoms with Crippen molar-refractivity contribution in [3.63, 3.8) is 0 Å². The van der Waals surface area contributed by atoms with Gasteiger partial charge in [-0.25, -0.2) is 15.0 Å². The van der Waals surface area contributed by atoms with Crippen molar-refractivity contribution in [3.05, 3.63) is 64.8 Å². The van der Waals surface area contributed by atoms with Crippen molar-refractivity contribution in [2.75, 3.05) is 5.32 Å². The molecule has 1 unspecified atom stereocenters. The maximum atomic E-state index is 12.1. The van der Waals surface area contributed by atoms with E-state index in [1.807, 2.05) is 44.2 Å². The van der Waals surface area contributed by atoms with Gasteiger partial charge in [0.05, 0.1) is 23.7 Å². The van der Waals surface area contributed by atoms with Crippen molar-refractivity contribution in [3.8, 4) is 0 Å². The van der Waals surface area contributed by atoms with Crippen LogP contribution in [0.4, 0.5) is 5.95 Å². The molecular formula is C21H21N5O. The van der Waals surface area contributed by atoms with Gasteiger partial charge in [0, 0.05) is 5.39 Å². The summed E-state index contributed by atoms with van der Waals surface area (Å²) >= 11 is 0. The molecule has 0 radical (unpaired) electrons. The Bertz CT molecular complexity index is 1060. The largest absolute Gasteiger partial charge is 0.296 e. The van der Waals surface area contributed by atoms with Gasteiger partial charge < -0.3 is 0 Å². The molecule has 6 nitrogen and oxygen atoms in total. The standard InChI is InChI=1S/C21H21N5O/c1-12-9-13(2)19-16(10-12)14(3)22-20(25-19)26-21-23-17(11-18(27)24-21)15-7-5-4-6-8-15/h4-10,17H,11H2,1-3H3,(H2,22,23,24,25,26,27). The maximum Gasteiger partial charge on any atom is 0.230 e. The normalized spacial score (nSPS) is 16.8. The highest BCUT2D eigenvalue weighted by atomic mass is 16.1. The summed E-state index contributed by atoms with van der Waals surface area (Å²) in [6, 6.07) is 13.8. The summed E-state index contributed by atoms with van der Waals surface area (Å²) in [5.41, 5.74) is 5.07. The highest BCUT2D eigenvalue weighted by Gasteiger charge is 2.23. The lowest BCUT2D eigenvalue weighted by Gasteiger charge is -2.21. The van der Waals surface area contributed by atoms with E-state index in [0.717, 1.165) is 27.7 Å². The number of carbonyl (C=O) groups is 1. The second-order valence-corrected chi connectivity index (χ2v) is 6.89. The highest BCUT2D eigenvalue weighted by molar-refractivity contribution is 6.05. The molecule has 1 aromatic heterocycles. The summed E-state index contributed by atoms with van der Waals surface area (Å²) in [6.45, 7) is 6.06. The molecule has 136 valence electrons. The Morgan fingerprint density at radius 1 is 1.07 bits per heavy atom. The van der Waals surface area contributed by atoms with Gasteiger partial charge in [0.15, 0.2) is 0 Å². The number of fused-ring (bicyclic) bond motifs is 1. The SMILES string of the molecule is Cc1cc(C)c2nc(NC3=NC(c4ccccc4)CC(=O)N3)nc(C)c2c1. The molecule has 0 spiro atoms. The van der Waals surface area contributed by atoms with Crippen LogP contribution in [-0.2, 0) is 4.79 Å². The number of aromatic nitrogens is 2. The smallest absolute Gasteiger partial charge is 0.230 e. The van der Waals surface area contributed by atoms with Gasteiger partial charge in [-0.3, -0.25) is 15.4 Å². The molecule has 6 heteroatoms. The van der Waals surface area contributed by atoms with Gasteiger partial charge >= 0.3 is 0 Å². The minimum absolute atomic E-state index is 0.0781. The average molecular weight is 359 g/mol. The number of nitrogens with zero attached hydrogens (tertiary/aromatic N) is 3. The number of rotatable bonds is 2. The quantitative estimate of drug-likeness (QED) is 0.733. The zero-order chi connectivity index (χ0) is 19.0. The summed E-state index contributed by atoms with van der Waals surface area (Å²) in [5, 5.41) is 6.89. The van der Waals surface area contributed by atoms with Crippen LogP contribution in [0.25, 0.3) is 10.9 Å². The van der Waals surface area contributed by atoms with Crippen LogP contribution in [0, 0.1) is 20.8 Å². The van der Waals surface area contributed by atoms with Gasteiger partial charge in [-0.15, -0.1) is 0 Å². The predicted octanol–water partition coefficient (Wildman–Crippen LogP) is 3.58. The number of carbonyl (C=O) groups excluding carboxylic acids is 1. The average Bonchev–Trinajstić information content (AvgIpc) is 2.63. The zero-order valence-electron chi connectivity index (χ0n) is 15.6. The first-order chi connectivity index (χ1) is 13.0. The van der Waals surface area contributed by atoms with E-state index in [9.17, 15) is 4.79 Å². The van der Waals surface area contributed by atoms with Crippen LogP contribution in [-0.4, -0.2) is 21.8 Å². The lowest BCUT2D eigenvalue weighted by molar-refractivity contribution is -0.120. The van der Waals surface area contributed by atoms with E-state index < -0.39 is 0 Å². The third kappa shape index (κ3) is 3.51. The zero-order valence-corrected chi connectivity index (χ0v) is 15.6. The Morgan fingerprint density at radius 2 is 1.85 bits per heavy atom. The van der Waals surface area contributed by atoms with E-state index in [1.165, 1.54) is 5.56 Å². The monoisotopic (exact) mass is 359 g/mol. The Hall–Kier alpha value is -3.28. The molecule has 0 aliphatic carbocycles. The van der Waals surface area contributed by atoms with E-state index >= 15 is 0 Å². The first-order valence-electron chi connectivity index (χ1n) is 8.95. The molecule has 3 aromatic rings. The molecule has 2 heterocycles. The van der Waals surface area contributed by atoms with Crippen LogP contribution in [0.15, 0.2) is 47.5 Å². The molecule has 1 atom stereocenters. The van der Waals surface area contributed by atoms with E-state index in [0.29, 0.717) is 18.3 Å². The molecule has 0 bridgehead atoms. The van der Waals surface area contributed by atoms with Gasteiger partial charge in [0.1, 0.15) is 0 Å². The third-order valence-corrected chi connectivity index (χ3v) is 4.66. The molecule has 4 rings (SSSR count). The van der Waals surface area contributed by atoms with Crippen molar-refractivity contribution in [1.82, 2.24) is 15.3 Å². The molecule has 2 N–H and O–H groups in total. The second-order valence-electron chi connectivity index (χ2n) is 6.89. The molecule has 0 saturated heterocycles. The fourth-order valence-corrected chi connectivity index (χ4v) is 3.42. The van der Waals surface area contributed by atoms with Gasteiger partial charge in [-0.2, -0.15) is 0 Å². The topological polar surface area (TPSA) is 79.3 Å². The van der Waals surface area contributed by atoms with E-state index in [4.69, 9.17) is 0 Å². The number of aryl methyl sites for hydroxylation is 3. The van der Waals surface area contributed by atoms with Crippen molar-refractivity contribution >= 4 is 28.7 Å². The lowest BCUT2D eigenvalue weighted by Crippen LogP contribution is -2.40. The van der Waals surface area contributed by atoms with Crippen LogP contribution < -0.4 is 10.6 Å². The van der Waals surface area contributed by atoms with Gasteiger partial charge in [0.25, 0.3) is 0 Å². The molecule has 27 heavy (non-hydrogen) atoms. The number of hydrogen-bond donors (Lipinski definition) is 2. The molecule has 0 fully saturated rings. The van der Waals surface area contributed by atoms with E-state index in [2.05, 4.69) is 44.7 Å². The van der Waals surface area contributed by atoms with Crippen molar-refractivity contribution in [2.45, 2.75) is 33.2 Å². The van der Waals surface area contributed by atoms with Crippen LogP contribution in [0.5, 0.6) is 0 Å². The fraction of sp³-hybridized carbons (Fsp3) is 0.238. The van der Waals surface area contributed by atoms with Crippen molar-refractivity contribution in [2.24, 2.45) is 4.99 Å². The number of hydrogen-bond acceptors (Lipinski definition) is 5. The van der Waals surface area contributed by atoms with E-state index in [1.54, 1.807) is 0 Å². The molecular weight excluding hydrogens is 338 g/mol. The second kappa shape index (κ2) is 6.79. The van der Waals surface area contributed by atoms with Crippen molar-refractivity contribution < 1.29 is 4.79 Å². The molecule has 1 aliphatic heterocycles. The van der Waals surface area contributed by atoms with Crippen LogP contribution in [0.2, 0.25) is 0 Å². The maximum absolute atomic E-state index is 12.1. The van der Waals surface area contributed by atoms with Gasteiger partial charge in [-0.1, -0.05) is 42.0 Å². The number of guanidine groups is 1. The van der Waals surface area contributed by atoms with Crippen LogP contribution in [0.1, 0.15) is 34.8 Å². The number of benzene rings is 2. The summed E-state index contributed by atoms with van der Waals surface area (Å²) in [4.78, 5) is 26.0. The summed E-state index contributed by atoms with van der Waals surface area (Å²) in [5.74, 6) is 0.731. The summed E-state index contributed by atoms with van der Waals surface area (Å²) in [7, 11) is 0. The predicted molar refractivity (Wildman–Crippen MR) is 107 cm³/mol. The molecule has 0 saturated carbocycles. The van der Waals surface area contributed by atoms with Crippen LogP contribution >= 0.6 is 0 Å². The Kier molecular flexibility index (Phi) is 4.32. The molecule has 2 aromatic carbocycles. The first kappa shape index (κ1) is 17.1. The van der Waals surface area contributed by atoms with E-state index in [-0.39, 0.29) is 11.9 Å². The van der Waals surface area contributed by atoms with Gasteiger partial charge in [0.2, 0.25) is 17.8 Å². The van der Waals surface area contributed by atoms with Crippen molar-refractivity contribution in [1.29, 1.82) is 0 Å². The first-order valence-corrected chi connectivity index (χ1v) is 8.95. The molecule has 1 amide bonds. The number of amides is 1. The Balaban J connectivity index is 1.68. The summed E-state index contributed by atoms with van der Waals surface area (Å²) < 4.78 is 0. The molecule has 1 aliphatic rings. The number of aliphatic imine (C=N–C) groups is 1. The number of nitrogens with one attached hydrogen (secondary N) is 2.